The van der Waals surface area contributed by atoms with Gasteiger partial charge in [0.15, 0.2) is 0 Å². The standard InChI is InChI=1S/C21H20F3NO/c22-21(23,24)20(26)25-19(16-11-5-2-6-12-16)18-14-8-7-13-17(18)15-9-3-1-4-10-15/h1-6,9-13,18-19H,7-8,14H2,(H,25,26). The largest absolute Gasteiger partial charge is 0.471 e. The molecule has 1 amide bonds. The highest BCUT2D eigenvalue weighted by Crippen LogP contribution is 2.41. The van der Waals surface area contributed by atoms with Gasteiger partial charge in [-0.1, -0.05) is 66.7 Å². The summed E-state index contributed by atoms with van der Waals surface area (Å²) in [7, 11) is 0. The summed E-state index contributed by atoms with van der Waals surface area (Å²) in [5, 5.41) is 2.24. The molecule has 5 heteroatoms. The van der Waals surface area contributed by atoms with Crippen LogP contribution in [0.15, 0.2) is 66.7 Å². The van der Waals surface area contributed by atoms with E-state index in [1.807, 2.05) is 30.3 Å². The molecule has 2 nitrogen and oxygen atoms in total. The van der Waals surface area contributed by atoms with Crippen LogP contribution in [0.3, 0.4) is 0 Å². The normalized spacial score (nSPS) is 18.7. The van der Waals surface area contributed by atoms with E-state index in [-0.39, 0.29) is 5.92 Å². The van der Waals surface area contributed by atoms with Crippen molar-refractivity contribution >= 4 is 11.5 Å². The first-order valence-corrected chi connectivity index (χ1v) is 8.65. The second-order valence-corrected chi connectivity index (χ2v) is 6.42. The number of amides is 1. The monoisotopic (exact) mass is 359 g/mol. The Morgan fingerprint density at radius 1 is 1.00 bits per heavy atom. The number of nitrogens with one attached hydrogen (secondary N) is 1. The molecule has 0 radical (unpaired) electrons. The lowest BCUT2D eigenvalue weighted by Crippen LogP contribution is -2.42. The summed E-state index contributed by atoms with van der Waals surface area (Å²) >= 11 is 0. The number of halogens is 3. The molecule has 0 spiro atoms. The van der Waals surface area contributed by atoms with E-state index >= 15 is 0 Å². The number of carbonyl (C=O) groups excluding carboxylic acids is 1. The van der Waals surface area contributed by atoms with Crippen LogP contribution < -0.4 is 5.32 Å². The highest BCUT2D eigenvalue weighted by Gasteiger charge is 2.41. The molecule has 2 atom stereocenters. The van der Waals surface area contributed by atoms with Crippen molar-refractivity contribution in [3.63, 3.8) is 0 Å². The molecule has 0 saturated carbocycles. The number of rotatable bonds is 4. The Morgan fingerprint density at radius 3 is 2.23 bits per heavy atom. The van der Waals surface area contributed by atoms with Crippen molar-refractivity contribution in [1.29, 1.82) is 0 Å². The zero-order valence-electron chi connectivity index (χ0n) is 14.2. The van der Waals surface area contributed by atoms with E-state index in [2.05, 4.69) is 11.4 Å². The Hall–Kier alpha value is -2.56. The Balaban J connectivity index is 1.98. The minimum absolute atomic E-state index is 0.208. The summed E-state index contributed by atoms with van der Waals surface area (Å²) in [5.74, 6) is -2.11. The van der Waals surface area contributed by atoms with Gasteiger partial charge in [-0.05, 0) is 36.0 Å². The van der Waals surface area contributed by atoms with E-state index in [0.29, 0.717) is 5.56 Å². The van der Waals surface area contributed by atoms with Crippen LogP contribution in [-0.4, -0.2) is 12.1 Å². The SMILES string of the molecule is O=C(NC(c1ccccc1)C1CCCC=C1c1ccccc1)C(F)(F)F. The molecule has 1 N–H and O–H groups in total. The van der Waals surface area contributed by atoms with Gasteiger partial charge in [-0.2, -0.15) is 13.2 Å². The predicted molar refractivity (Wildman–Crippen MR) is 95.1 cm³/mol. The van der Waals surface area contributed by atoms with E-state index in [0.717, 1.165) is 30.4 Å². The average molecular weight is 359 g/mol. The fourth-order valence-corrected chi connectivity index (χ4v) is 3.51. The second-order valence-electron chi connectivity index (χ2n) is 6.42. The van der Waals surface area contributed by atoms with Gasteiger partial charge in [0, 0.05) is 5.92 Å². The molecule has 1 aliphatic carbocycles. The number of benzene rings is 2. The summed E-state index contributed by atoms with van der Waals surface area (Å²) in [4.78, 5) is 11.7. The minimum Gasteiger partial charge on any atom is -0.341 e. The maximum Gasteiger partial charge on any atom is 0.471 e. The number of carbonyl (C=O) groups is 1. The maximum absolute atomic E-state index is 12.9. The molecule has 0 aliphatic heterocycles. The third-order valence-corrected chi connectivity index (χ3v) is 4.70. The number of alkyl halides is 3. The molecule has 0 heterocycles. The van der Waals surface area contributed by atoms with Crippen molar-refractivity contribution in [3.8, 4) is 0 Å². The zero-order chi connectivity index (χ0) is 18.6. The molecule has 0 bridgehead atoms. The van der Waals surface area contributed by atoms with E-state index < -0.39 is 18.1 Å². The fraction of sp³-hybridized carbons (Fsp3) is 0.286. The summed E-state index contributed by atoms with van der Waals surface area (Å²) in [5.41, 5.74) is 2.66. The van der Waals surface area contributed by atoms with Gasteiger partial charge in [0.05, 0.1) is 6.04 Å². The smallest absolute Gasteiger partial charge is 0.341 e. The molecular weight excluding hydrogens is 339 g/mol. The van der Waals surface area contributed by atoms with E-state index in [9.17, 15) is 18.0 Å². The molecule has 0 aromatic heterocycles. The van der Waals surface area contributed by atoms with Crippen molar-refractivity contribution in [2.45, 2.75) is 31.5 Å². The zero-order valence-corrected chi connectivity index (χ0v) is 14.2. The Morgan fingerprint density at radius 2 is 1.62 bits per heavy atom. The van der Waals surface area contributed by atoms with Gasteiger partial charge >= 0.3 is 12.1 Å². The van der Waals surface area contributed by atoms with Gasteiger partial charge in [0.1, 0.15) is 0 Å². The van der Waals surface area contributed by atoms with E-state index in [1.54, 1.807) is 30.3 Å². The van der Waals surface area contributed by atoms with Crippen LogP contribution in [0.1, 0.15) is 36.4 Å². The summed E-state index contributed by atoms with van der Waals surface area (Å²) in [6.07, 6.45) is -0.336. The molecule has 3 rings (SSSR count). The van der Waals surface area contributed by atoms with Crippen LogP contribution >= 0.6 is 0 Å². The number of hydrogen-bond donors (Lipinski definition) is 1. The number of hydrogen-bond acceptors (Lipinski definition) is 1. The summed E-state index contributed by atoms with van der Waals surface area (Å²) < 4.78 is 38.7. The van der Waals surface area contributed by atoms with Gasteiger partial charge in [-0.15, -0.1) is 0 Å². The lowest BCUT2D eigenvalue weighted by Gasteiger charge is -2.33. The molecule has 2 aromatic carbocycles. The predicted octanol–water partition coefficient (Wildman–Crippen LogP) is 5.29. The van der Waals surface area contributed by atoms with Crippen molar-refractivity contribution in [2.75, 3.05) is 0 Å². The Kier molecular flexibility index (Phi) is 5.45. The topological polar surface area (TPSA) is 29.1 Å². The highest BCUT2D eigenvalue weighted by molar-refractivity contribution is 5.82. The second kappa shape index (κ2) is 7.77. The van der Waals surface area contributed by atoms with Crippen LogP contribution in [-0.2, 0) is 4.79 Å². The Bertz CT molecular complexity index is 769. The van der Waals surface area contributed by atoms with Gasteiger partial charge in [-0.3, -0.25) is 4.79 Å². The van der Waals surface area contributed by atoms with Crippen molar-refractivity contribution in [2.24, 2.45) is 5.92 Å². The van der Waals surface area contributed by atoms with E-state index in [1.165, 1.54) is 0 Å². The molecule has 2 unspecified atom stereocenters. The molecular formula is C21H20F3NO. The van der Waals surface area contributed by atoms with E-state index in [4.69, 9.17) is 0 Å². The molecule has 136 valence electrons. The van der Waals surface area contributed by atoms with Crippen LogP contribution in [0.2, 0.25) is 0 Å². The molecule has 0 saturated heterocycles. The first-order chi connectivity index (χ1) is 12.5. The van der Waals surface area contributed by atoms with Crippen LogP contribution in [0, 0.1) is 5.92 Å². The van der Waals surface area contributed by atoms with Crippen LogP contribution in [0.4, 0.5) is 13.2 Å². The lowest BCUT2D eigenvalue weighted by atomic mass is 9.77. The molecule has 26 heavy (non-hydrogen) atoms. The van der Waals surface area contributed by atoms with Crippen molar-refractivity contribution in [3.05, 3.63) is 77.9 Å². The quantitative estimate of drug-likeness (QED) is 0.790. The third-order valence-electron chi connectivity index (χ3n) is 4.70. The first-order valence-electron chi connectivity index (χ1n) is 8.65. The average Bonchev–Trinajstić information content (AvgIpc) is 2.66. The maximum atomic E-state index is 12.9. The summed E-state index contributed by atoms with van der Waals surface area (Å²) in [6.45, 7) is 0. The van der Waals surface area contributed by atoms with Crippen molar-refractivity contribution < 1.29 is 18.0 Å². The molecule has 0 fully saturated rings. The van der Waals surface area contributed by atoms with Crippen LogP contribution in [0.5, 0.6) is 0 Å². The minimum atomic E-state index is -4.90. The summed E-state index contributed by atoms with van der Waals surface area (Å²) in [6, 6.07) is 17.8. The van der Waals surface area contributed by atoms with Crippen molar-refractivity contribution in [1.82, 2.24) is 5.32 Å². The number of allylic oxidation sites excluding steroid dienone is 1. The van der Waals surface area contributed by atoms with Gasteiger partial charge in [-0.25, -0.2) is 0 Å². The highest BCUT2D eigenvalue weighted by atomic mass is 19.4. The Labute approximate surface area is 150 Å². The van der Waals surface area contributed by atoms with Gasteiger partial charge in [0.25, 0.3) is 0 Å². The van der Waals surface area contributed by atoms with Gasteiger partial charge in [0.2, 0.25) is 0 Å². The molecule has 1 aliphatic rings. The lowest BCUT2D eigenvalue weighted by molar-refractivity contribution is -0.174. The first kappa shape index (κ1) is 18.2. The van der Waals surface area contributed by atoms with Crippen LogP contribution in [0.25, 0.3) is 5.57 Å². The fourth-order valence-electron chi connectivity index (χ4n) is 3.51. The van der Waals surface area contributed by atoms with Gasteiger partial charge < -0.3 is 5.32 Å². The molecule has 2 aromatic rings. The third kappa shape index (κ3) is 4.15.